The molecule has 2 aliphatic heterocycles. The van der Waals surface area contributed by atoms with Crippen molar-refractivity contribution >= 4 is 5.76 Å². The highest BCUT2D eigenvalue weighted by atomic mass is 16.7. The van der Waals surface area contributed by atoms with Crippen molar-refractivity contribution in [2.75, 3.05) is 6.61 Å². The van der Waals surface area contributed by atoms with Crippen LogP contribution in [0, 0.1) is 0 Å². The van der Waals surface area contributed by atoms with Crippen LogP contribution in [-0.2, 0) is 9.47 Å². The Balaban J connectivity index is 1.79. The Bertz CT molecular complexity index is 1050. The van der Waals surface area contributed by atoms with Gasteiger partial charge in [-0.15, -0.1) is 0 Å². The molecule has 1 saturated heterocycles. The van der Waals surface area contributed by atoms with Gasteiger partial charge in [-0.2, -0.15) is 0 Å². The summed E-state index contributed by atoms with van der Waals surface area (Å²) in [6.45, 7) is -0.683. The Morgan fingerprint density at radius 1 is 0.909 bits per heavy atom. The predicted molar refractivity (Wildman–Crippen MR) is 109 cm³/mol. The molecule has 0 amide bonds. The molecule has 1 fully saturated rings. The molecule has 0 aromatic heterocycles. The van der Waals surface area contributed by atoms with Gasteiger partial charge in [-0.25, -0.2) is 0 Å². The summed E-state index contributed by atoms with van der Waals surface area (Å²) < 4.78 is 15.4. The predicted octanol–water partition coefficient (Wildman–Crippen LogP) is -0.978. The fourth-order valence-corrected chi connectivity index (χ4v) is 3.69. The van der Waals surface area contributed by atoms with Crippen molar-refractivity contribution in [3.63, 3.8) is 0 Å². The van der Waals surface area contributed by atoms with Crippen molar-refractivity contribution in [2.24, 2.45) is 0 Å². The quantitative estimate of drug-likeness (QED) is 0.194. The van der Waals surface area contributed by atoms with Crippen LogP contribution in [0.1, 0.15) is 5.56 Å². The lowest BCUT2D eigenvalue weighted by atomic mass is 9.96. The molecular formula is C21H23O12+. The van der Waals surface area contributed by atoms with E-state index < -0.39 is 60.7 Å². The Labute approximate surface area is 186 Å². The zero-order valence-corrected chi connectivity index (χ0v) is 16.8. The molecule has 6 atom stereocenters. The van der Waals surface area contributed by atoms with Gasteiger partial charge in [0, 0.05) is 24.3 Å². The fraction of sp³-hybridized carbons (Fsp3) is 0.333. The van der Waals surface area contributed by atoms with Crippen molar-refractivity contribution in [1.29, 1.82) is 0 Å². The van der Waals surface area contributed by atoms with Gasteiger partial charge in [0.1, 0.15) is 35.9 Å². The second-order valence-corrected chi connectivity index (χ2v) is 7.69. The van der Waals surface area contributed by atoms with Crippen molar-refractivity contribution in [3.05, 3.63) is 58.8 Å². The van der Waals surface area contributed by atoms with E-state index >= 15 is 0 Å². The van der Waals surface area contributed by atoms with E-state index in [9.17, 15) is 46.0 Å². The van der Waals surface area contributed by atoms with Crippen LogP contribution in [0.15, 0.2) is 53.2 Å². The fourth-order valence-electron chi connectivity index (χ4n) is 3.69. The van der Waals surface area contributed by atoms with E-state index in [1.807, 2.05) is 0 Å². The van der Waals surface area contributed by atoms with Gasteiger partial charge in [-0.1, -0.05) is 0 Å². The van der Waals surface area contributed by atoms with Crippen LogP contribution in [0.2, 0.25) is 0 Å². The molecule has 12 nitrogen and oxygen atoms in total. The molecule has 33 heavy (non-hydrogen) atoms. The molecule has 1 aliphatic carbocycles. The third-order valence-electron chi connectivity index (χ3n) is 5.45. The number of phenols is 3. The van der Waals surface area contributed by atoms with Crippen LogP contribution in [0.4, 0.5) is 0 Å². The van der Waals surface area contributed by atoms with E-state index in [2.05, 4.69) is 4.74 Å². The number of fused-ring (bicyclic) bond motifs is 1. The van der Waals surface area contributed by atoms with Gasteiger partial charge in [0.05, 0.1) is 23.8 Å². The summed E-state index contributed by atoms with van der Waals surface area (Å²) in [4.78, 5) is 0. The molecule has 12 heteroatoms. The van der Waals surface area contributed by atoms with Crippen molar-refractivity contribution in [2.45, 2.75) is 36.8 Å². The van der Waals surface area contributed by atoms with Gasteiger partial charge in [0.15, 0.2) is 17.2 Å². The summed E-state index contributed by atoms with van der Waals surface area (Å²) in [6.07, 6.45) is -5.08. The normalized spacial score (nSPS) is 31.7. The Hall–Kier alpha value is -3.42. The van der Waals surface area contributed by atoms with Crippen molar-refractivity contribution < 1.29 is 60.2 Å². The zero-order valence-electron chi connectivity index (χ0n) is 16.8. The number of rotatable bonds is 4. The minimum absolute atomic E-state index is 0.0370. The molecule has 178 valence electrons. The van der Waals surface area contributed by atoms with E-state index in [1.54, 1.807) is 0 Å². The second kappa shape index (κ2) is 8.50. The third kappa shape index (κ3) is 4.05. The number of benzene rings is 1. The maximum absolute atomic E-state index is 10.3. The van der Waals surface area contributed by atoms with Crippen LogP contribution in [0.25, 0.3) is 5.76 Å². The molecule has 0 spiro atoms. The lowest BCUT2D eigenvalue weighted by Crippen LogP contribution is -2.59. The van der Waals surface area contributed by atoms with Crippen LogP contribution < -0.4 is 0 Å². The number of allylic oxidation sites excluding steroid dienone is 2. The average molecular weight is 467 g/mol. The Kier molecular flexibility index (Phi) is 5.86. The number of aliphatic hydroxyl groups excluding tert-OH is 6. The van der Waals surface area contributed by atoms with Gasteiger partial charge in [-0.3, -0.25) is 0 Å². The topological polar surface area (TPSA) is 213 Å². The molecule has 1 aromatic carbocycles. The number of hydrogen-bond acceptors (Lipinski definition) is 11. The van der Waals surface area contributed by atoms with Gasteiger partial charge < -0.3 is 60.2 Å². The van der Waals surface area contributed by atoms with E-state index in [0.29, 0.717) is 0 Å². The largest absolute Gasteiger partial charge is 0.571 e. The standard InChI is InChI=1S/C21H22O12/c22-6-15-17(28)18(29)19(30)21(33-15)32-14-5-9-10(24)3-8(23)4-13(9)31-20(14)7-1-11(25)16(27)12(26)2-7/h1-5,13,15,17-19,21-30H,6H2/p+1/t13?,15-,17-,18+,19-,21-/m1/s1. The lowest BCUT2D eigenvalue weighted by molar-refractivity contribution is -0.290. The summed E-state index contributed by atoms with van der Waals surface area (Å²) in [5.74, 6) is -2.87. The third-order valence-corrected chi connectivity index (χ3v) is 5.45. The smallest absolute Gasteiger partial charge is 0.305 e. The van der Waals surface area contributed by atoms with Crippen molar-refractivity contribution in [3.8, 4) is 17.2 Å². The highest BCUT2D eigenvalue weighted by molar-refractivity contribution is 5.71. The summed E-state index contributed by atoms with van der Waals surface area (Å²) in [5.41, 5.74) is 0.253. The van der Waals surface area contributed by atoms with Gasteiger partial charge in [-0.05, 0) is 0 Å². The summed E-state index contributed by atoms with van der Waals surface area (Å²) >= 11 is 0. The summed E-state index contributed by atoms with van der Waals surface area (Å²) in [6, 6.07) is 2.15. The molecule has 2 heterocycles. The second-order valence-electron chi connectivity index (χ2n) is 7.69. The van der Waals surface area contributed by atoms with Gasteiger partial charge in [0.25, 0.3) is 0 Å². The molecule has 3 aliphatic rings. The van der Waals surface area contributed by atoms with E-state index in [-0.39, 0.29) is 34.2 Å². The highest BCUT2D eigenvalue weighted by Gasteiger charge is 2.46. The van der Waals surface area contributed by atoms with Crippen molar-refractivity contribution in [1.82, 2.24) is 0 Å². The first-order valence-electron chi connectivity index (χ1n) is 9.81. The molecule has 0 saturated carbocycles. The van der Waals surface area contributed by atoms with Gasteiger partial charge in [0.2, 0.25) is 18.2 Å². The van der Waals surface area contributed by atoms with E-state index in [1.165, 1.54) is 12.2 Å². The summed E-state index contributed by atoms with van der Waals surface area (Å²) in [5, 5.41) is 89.3. The van der Waals surface area contributed by atoms with E-state index in [4.69, 9.17) is 9.47 Å². The first kappa shape index (κ1) is 22.8. The number of hydrogen-bond donors (Lipinski definition) is 9. The lowest BCUT2D eigenvalue weighted by Gasteiger charge is -2.40. The average Bonchev–Trinajstić information content (AvgIpc) is 2.77. The SMILES string of the molecule is OC[C@H]1O[C@@H](OC2=C(c3cc(O)c(O)c(O)c3)[OH+]C3C=C(O)C=C(O)C3=C2)[C@H](O)[C@@H](O)[C@@H]1O. The maximum atomic E-state index is 10.3. The molecule has 4 rings (SSSR count). The first-order valence-corrected chi connectivity index (χ1v) is 9.81. The Morgan fingerprint density at radius 2 is 1.58 bits per heavy atom. The molecule has 10 N–H and O–H groups in total. The number of aromatic hydroxyl groups is 3. The monoisotopic (exact) mass is 467 g/mol. The van der Waals surface area contributed by atoms with Gasteiger partial charge >= 0.3 is 5.76 Å². The first-order chi connectivity index (χ1) is 15.6. The minimum Gasteiger partial charge on any atom is -0.571 e. The molecular weight excluding hydrogens is 444 g/mol. The zero-order chi connectivity index (χ0) is 24.0. The highest BCUT2D eigenvalue weighted by Crippen LogP contribution is 2.41. The van der Waals surface area contributed by atoms with Crippen LogP contribution >= 0.6 is 0 Å². The molecule has 0 bridgehead atoms. The maximum Gasteiger partial charge on any atom is 0.305 e. The minimum atomic E-state index is -1.74. The number of ether oxygens (including phenoxy) is 3. The Morgan fingerprint density at radius 3 is 2.21 bits per heavy atom. The molecule has 1 aromatic rings. The number of phenolic OH excluding ortho intramolecular Hbond substituents is 3. The number of aliphatic hydroxyl groups is 8. The van der Waals surface area contributed by atoms with Crippen LogP contribution in [0.3, 0.4) is 0 Å². The summed E-state index contributed by atoms with van der Waals surface area (Å²) in [7, 11) is 0. The molecule has 0 radical (unpaired) electrons. The van der Waals surface area contributed by atoms with Crippen LogP contribution in [0.5, 0.6) is 17.2 Å². The van der Waals surface area contributed by atoms with Crippen LogP contribution in [-0.4, -0.2) is 94.1 Å². The molecule has 1 unspecified atom stereocenters. The van der Waals surface area contributed by atoms with E-state index in [0.717, 1.165) is 18.2 Å².